The summed E-state index contributed by atoms with van der Waals surface area (Å²) in [6.45, 7) is 5.15. The predicted molar refractivity (Wildman–Crippen MR) is 99.1 cm³/mol. The highest BCUT2D eigenvalue weighted by atomic mass is 16.5. The average Bonchev–Trinajstić information content (AvgIpc) is 3.11. The van der Waals surface area contributed by atoms with Gasteiger partial charge in [-0.05, 0) is 64.5 Å². The first-order valence-electron chi connectivity index (χ1n) is 9.55. The number of amides is 2. The van der Waals surface area contributed by atoms with Crippen molar-refractivity contribution < 1.29 is 14.6 Å². The molecule has 0 aromatic heterocycles. The second-order valence-corrected chi connectivity index (χ2v) is 7.47. The maximum Gasteiger partial charge on any atom is 0.321 e. The van der Waals surface area contributed by atoms with Crippen LogP contribution in [0.25, 0.3) is 0 Å². The van der Waals surface area contributed by atoms with E-state index in [1.807, 2.05) is 30.0 Å². The second-order valence-electron chi connectivity index (χ2n) is 7.47. The first-order chi connectivity index (χ1) is 12.0. The van der Waals surface area contributed by atoms with E-state index in [-0.39, 0.29) is 18.1 Å². The van der Waals surface area contributed by atoms with Crippen LogP contribution in [0, 0.1) is 12.8 Å². The fraction of sp³-hybridized carbons (Fsp3) is 0.650. The van der Waals surface area contributed by atoms with Gasteiger partial charge < -0.3 is 20.1 Å². The maximum atomic E-state index is 12.6. The van der Waals surface area contributed by atoms with E-state index in [0.717, 1.165) is 49.2 Å². The van der Waals surface area contributed by atoms with Crippen LogP contribution in [0.3, 0.4) is 0 Å². The Kier molecular flexibility index (Phi) is 5.84. The Bertz CT molecular complexity index is 597. The minimum atomic E-state index is -0.375. The molecule has 2 amide bonds. The van der Waals surface area contributed by atoms with E-state index in [1.165, 1.54) is 12.8 Å². The van der Waals surface area contributed by atoms with Crippen molar-refractivity contribution in [3.63, 3.8) is 0 Å². The third-order valence-electron chi connectivity index (χ3n) is 5.55. The molecular weight excluding hydrogens is 316 g/mol. The molecule has 1 heterocycles. The van der Waals surface area contributed by atoms with Crippen molar-refractivity contribution in [2.75, 3.05) is 18.4 Å². The zero-order chi connectivity index (χ0) is 17.8. The molecule has 1 saturated heterocycles. The van der Waals surface area contributed by atoms with Crippen LogP contribution in [0.1, 0.15) is 51.0 Å². The van der Waals surface area contributed by atoms with Crippen LogP contribution in [-0.2, 0) is 0 Å². The normalized spacial score (nSPS) is 22.7. The molecule has 0 spiro atoms. The lowest BCUT2D eigenvalue weighted by Gasteiger charge is -2.34. The smallest absolute Gasteiger partial charge is 0.321 e. The van der Waals surface area contributed by atoms with Crippen molar-refractivity contribution in [3.05, 3.63) is 23.8 Å². The zero-order valence-corrected chi connectivity index (χ0v) is 15.3. The van der Waals surface area contributed by atoms with Crippen LogP contribution in [-0.4, -0.2) is 41.3 Å². The van der Waals surface area contributed by atoms with Crippen molar-refractivity contribution >= 4 is 11.7 Å². The molecule has 2 fully saturated rings. The third-order valence-corrected chi connectivity index (χ3v) is 5.55. The van der Waals surface area contributed by atoms with Crippen molar-refractivity contribution in [2.24, 2.45) is 5.92 Å². The number of benzene rings is 1. The number of anilines is 1. The number of rotatable bonds is 4. The summed E-state index contributed by atoms with van der Waals surface area (Å²) >= 11 is 0. The molecule has 2 atom stereocenters. The van der Waals surface area contributed by atoms with Gasteiger partial charge in [-0.25, -0.2) is 4.79 Å². The summed E-state index contributed by atoms with van der Waals surface area (Å²) in [6.07, 6.45) is 6.55. The highest BCUT2D eigenvalue weighted by Crippen LogP contribution is 2.30. The molecule has 2 aliphatic rings. The van der Waals surface area contributed by atoms with E-state index in [9.17, 15) is 9.90 Å². The number of nitrogens with zero attached hydrogens (tertiary/aromatic N) is 1. The minimum absolute atomic E-state index is 0.0912. The van der Waals surface area contributed by atoms with E-state index >= 15 is 0 Å². The second kappa shape index (κ2) is 8.09. The first-order valence-corrected chi connectivity index (χ1v) is 9.55. The number of aliphatic hydroxyl groups excluding tert-OH is 1. The fourth-order valence-electron chi connectivity index (χ4n) is 3.85. The zero-order valence-electron chi connectivity index (χ0n) is 15.3. The Morgan fingerprint density at radius 3 is 2.76 bits per heavy atom. The average molecular weight is 346 g/mol. The fourth-order valence-corrected chi connectivity index (χ4v) is 3.85. The van der Waals surface area contributed by atoms with Crippen molar-refractivity contribution in [3.8, 4) is 5.75 Å². The Labute approximate surface area is 150 Å². The maximum absolute atomic E-state index is 12.6. The molecular formula is C20H30N2O3. The van der Waals surface area contributed by atoms with Crippen LogP contribution in [0.15, 0.2) is 18.2 Å². The van der Waals surface area contributed by atoms with Crippen molar-refractivity contribution in [1.82, 2.24) is 4.90 Å². The standard InChI is InChI=1S/C20H30N2O3/c1-14-18(10-5-11-19(14)25-17-8-3-4-9-17)21-20(24)22-12-6-7-16(13-22)15(2)23/h5,10-11,15-17,23H,3-4,6-9,12-13H2,1-2H3,(H,21,24). The molecule has 1 aliphatic heterocycles. The molecule has 3 rings (SSSR count). The summed E-state index contributed by atoms with van der Waals surface area (Å²) in [7, 11) is 0. The predicted octanol–water partition coefficient (Wildman–Crippen LogP) is 3.94. The molecule has 138 valence electrons. The van der Waals surface area contributed by atoms with Gasteiger partial charge in [-0.15, -0.1) is 0 Å². The molecule has 1 saturated carbocycles. The highest BCUT2D eigenvalue weighted by Gasteiger charge is 2.27. The van der Waals surface area contributed by atoms with Gasteiger partial charge in [0, 0.05) is 30.3 Å². The number of likely N-dealkylation sites (tertiary alicyclic amines) is 1. The lowest BCUT2D eigenvalue weighted by Crippen LogP contribution is -2.44. The first kappa shape index (κ1) is 18.1. The van der Waals surface area contributed by atoms with Crippen LogP contribution in [0.2, 0.25) is 0 Å². The highest BCUT2D eigenvalue weighted by molar-refractivity contribution is 5.90. The number of aliphatic hydroxyl groups is 1. The van der Waals surface area contributed by atoms with Crippen LogP contribution in [0.5, 0.6) is 5.75 Å². The SMILES string of the molecule is Cc1c(NC(=O)N2CCCC(C(C)O)C2)cccc1OC1CCCC1. The molecule has 1 aliphatic carbocycles. The third kappa shape index (κ3) is 4.46. The monoisotopic (exact) mass is 346 g/mol. The number of carbonyl (C=O) groups is 1. The van der Waals surface area contributed by atoms with Gasteiger partial charge in [-0.2, -0.15) is 0 Å². The summed E-state index contributed by atoms with van der Waals surface area (Å²) in [5, 5.41) is 12.8. The van der Waals surface area contributed by atoms with Gasteiger partial charge in [-0.1, -0.05) is 6.07 Å². The number of nitrogens with one attached hydrogen (secondary N) is 1. The quantitative estimate of drug-likeness (QED) is 0.868. The van der Waals surface area contributed by atoms with Crippen molar-refractivity contribution in [2.45, 2.75) is 64.6 Å². The Morgan fingerprint density at radius 2 is 2.04 bits per heavy atom. The molecule has 5 heteroatoms. The molecule has 1 aromatic carbocycles. The molecule has 1 aromatic rings. The summed E-state index contributed by atoms with van der Waals surface area (Å²) in [6, 6.07) is 5.74. The molecule has 2 unspecified atom stereocenters. The molecule has 0 bridgehead atoms. The Hall–Kier alpha value is -1.75. The van der Waals surface area contributed by atoms with Gasteiger partial charge in [0.2, 0.25) is 0 Å². The summed E-state index contributed by atoms with van der Waals surface area (Å²) in [4.78, 5) is 14.4. The lowest BCUT2D eigenvalue weighted by atomic mass is 9.94. The summed E-state index contributed by atoms with van der Waals surface area (Å²) in [5.74, 6) is 1.03. The number of urea groups is 1. The van der Waals surface area contributed by atoms with Crippen molar-refractivity contribution in [1.29, 1.82) is 0 Å². The number of carbonyl (C=O) groups excluding carboxylic acids is 1. The van der Waals surface area contributed by atoms with Crippen LogP contribution < -0.4 is 10.1 Å². The summed E-state index contributed by atoms with van der Waals surface area (Å²) in [5.41, 5.74) is 1.78. The van der Waals surface area contributed by atoms with E-state index < -0.39 is 0 Å². The lowest BCUT2D eigenvalue weighted by molar-refractivity contribution is 0.0766. The van der Waals surface area contributed by atoms with E-state index in [4.69, 9.17) is 4.74 Å². The van der Waals surface area contributed by atoms with Gasteiger partial charge in [0.05, 0.1) is 12.2 Å². The number of piperidine rings is 1. The van der Waals surface area contributed by atoms with Gasteiger partial charge in [0.1, 0.15) is 5.75 Å². The number of ether oxygens (including phenoxy) is 1. The van der Waals surface area contributed by atoms with Gasteiger partial charge in [-0.3, -0.25) is 0 Å². The topological polar surface area (TPSA) is 61.8 Å². The minimum Gasteiger partial charge on any atom is -0.490 e. The molecule has 25 heavy (non-hydrogen) atoms. The van der Waals surface area contributed by atoms with E-state index in [2.05, 4.69) is 5.32 Å². The Balaban J connectivity index is 1.64. The van der Waals surface area contributed by atoms with E-state index in [1.54, 1.807) is 6.92 Å². The van der Waals surface area contributed by atoms with Gasteiger partial charge in [0.25, 0.3) is 0 Å². The molecule has 5 nitrogen and oxygen atoms in total. The number of hydrogen-bond donors (Lipinski definition) is 2. The Morgan fingerprint density at radius 1 is 1.28 bits per heavy atom. The molecule has 2 N–H and O–H groups in total. The largest absolute Gasteiger partial charge is 0.490 e. The number of hydrogen-bond acceptors (Lipinski definition) is 3. The van der Waals surface area contributed by atoms with E-state index in [0.29, 0.717) is 12.6 Å². The van der Waals surface area contributed by atoms with Gasteiger partial charge in [0.15, 0.2) is 0 Å². The summed E-state index contributed by atoms with van der Waals surface area (Å²) < 4.78 is 6.12. The van der Waals surface area contributed by atoms with Crippen LogP contribution >= 0.6 is 0 Å². The van der Waals surface area contributed by atoms with Crippen LogP contribution in [0.4, 0.5) is 10.5 Å². The van der Waals surface area contributed by atoms with Gasteiger partial charge >= 0.3 is 6.03 Å². The molecule has 0 radical (unpaired) electrons.